The molecule has 4 nitrogen and oxygen atoms in total. The molecule has 0 saturated heterocycles. The van der Waals surface area contributed by atoms with Crippen LogP contribution < -0.4 is 5.73 Å². The van der Waals surface area contributed by atoms with Gasteiger partial charge in [0, 0.05) is 12.8 Å². The molecule has 1 aliphatic carbocycles. The Bertz CT molecular complexity index is 477. The van der Waals surface area contributed by atoms with Gasteiger partial charge in [0.15, 0.2) is 5.78 Å². The van der Waals surface area contributed by atoms with Crippen molar-refractivity contribution in [3.05, 3.63) is 23.4 Å². The molecule has 2 atom stereocenters. The number of nitrogens with zero attached hydrogens (tertiary/aromatic N) is 1. The fourth-order valence-corrected chi connectivity index (χ4v) is 3.28. The predicted octanol–water partition coefficient (Wildman–Crippen LogP) is 3.14. The highest BCUT2D eigenvalue weighted by molar-refractivity contribution is 6.06. The molecular formula is C16H24N2O2. The maximum Gasteiger partial charge on any atom is 0.198 e. The second kappa shape index (κ2) is 5.92. The second-order valence-corrected chi connectivity index (χ2v) is 5.85. The molecule has 1 aromatic rings. The zero-order chi connectivity index (χ0) is 14.8. The summed E-state index contributed by atoms with van der Waals surface area (Å²) in [6.45, 7) is 6.56. The number of carbonyl (C=O) groups excluding carboxylic acids is 1. The quantitative estimate of drug-likeness (QED) is 0.858. The van der Waals surface area contributed by atoms with Gasteiger partial charge < -0.3 is 10.5 Å². The third kappa shape index (κ3) is 2.70. The molecule has 1 aromatic heterocycles. The first-order valence-electron chi connectivity index (χ1n) is 7.40. The van der Waals surface area contributed by atoms with E-state index in [4.69, 9.17) is 10.5 Å². The molecule has 1 fully saturated rings. The SMILES string of the molecule is CCOC1(C(=O)c2c(C)ccnc2N)CCCC(C)C1. The third-order valence-corrected chi connectivity index (χ3v) is 4.21. The zero-order valence-corrected chi connectivity index (χ0v) is 12.6. The van der Waals surface area contributed by atoms with Crippen molar-refractivity contribution >= 4 is 11.6 Å². The van der Waals surface area contributed by atoms with Crippen LogP contribution in [0.5, 0.6) is 0 Å². The van der Waals surface area contributed by atoms with Crippen molar-refractivity contribution in [2.75, 3.05) is 12.3 Å². The molecule has 0 spiro atoms. The molecule has 2 rings (SSSR count). The fraction of sp³-hybridized carbons (Fsp3) is 0.625. The number of nitrogens with two attached hydrogens (primary N) is 1. The number of pyridine rings is 1. The highest BCUT2D eigenvalue weighted by Crippen LogP contribution is 2.38. The number of ether oxygens (including phenoxy) is 1. The number of hydrogen-bond donors (Lipinski definition) is 1. The monoisotopic (exact) mass is 276 g/mol. The number of hydrogen-bond acceptors (Lipinski definition) is 4. The van der Waals surface area contributed by atoms with Crippen LogP contribution in [0.4, 0.5) is 5.82 Å². The van der Waals surface area contributed by atoms with Gasteiger partial charge in [0.05, 0.1) is 5.56 Å². The van der Waals surface area contributed by atoms with Crippen LogP contribution in [0.3, 0.4) is 0 Å². The van der Waals surface area contributed by atoms with E-state index in [9.17, 15) is 4.79 Å². The van der Waals surface area contributed by atoms with Crippen LogP contribution in [0.2, 0.25) is 0 Å². The molecule has 0 aliphatic heterocycles. The van der Waals surface area contributed by atoms with Gasteiger partial charge in [-0.3, -0.25) is 4.79 Å². The third-order valence-electron chi connectivity index (χ3n) is 4.21. The smallest absolute Gasteiger partial charge is 0.198 e. The fourth-order valence-electron chi connectivity index (χ4n) is 3.28. The summed E-state index contributed by atoms with van der Waals surface area (Å²) in [5.41, 5.74) is 6.63. The molecule has 1 saturated carbocycles. The normalized spacial score (nSPS) is 26.4. The van der Waals surface area contributed by atoms with E-state index in [-0.39, 0.29) is 5.78 Å². The molecule has 1 aliphatic rings. The molecule has 2 N–H and O–H groups in total. The van der Waals surface area contributed by atoms with Crippen molar-refractivity contribution in [3.8, 4) is 0 Å². The van der Waals surface area contributed by atoms with Gasteiger partial charge in [0.1, 0.15) is 11.4 Å². The van der Waals surface area contributed by atoms with Crippen molar-refractivity contribution < 1.29 is 9.53 Å². The minimum atomic E-state index is -0.714. The van der Waals surface area contributed by atoms with Crippen LogP contribution >= 0.6 is 0 Å². The van der Waals surface area contributed by atoms with E-state index < -0.39 is 5.60 Å². The molecule has 110 valence electrons. The van der Waals surface area contributed by atoms with Gasteiger partial charge >= 0.3 is 0 Å². The van der Waals surface area contributed by atoms with Crippen LogP contribution in [0, 0.1) is 12.8 Å². The average molecular weight is 276 g/mol. The molecule has 0 aromatic carbocycles. The first kappa shape index (κ1) is 15.0. The van der Waals surface area contributed by atoms with Gasteiger partial charge in [-0.05, 0) is 50.7 Å². The lowest BCUT2D eigenvalue weighted by Crippen LogP contribution is -2.46. The van der Waals surface area contributed by atoms with Gasteiger partial charge in [0.25, 0.3) is 0 Å². The Morgan fingerprint density at radius 1 is 1.60 bits per heavy atom. The van der Waals surface area contributed by atoms with Crippen LogP contribution in [-0.2, 0) is 4.74 Å². The summed E-state index contributed by atoms with van der Waals surface area (Å²) in [5.74, 6) is 0.818. The highest BCUT2D eigenvalue weighted by atomic mass is 16.5. The Balaban J connectivity index is 2.41. The largest absolute Gasteiger partial charge is 0.383 e. The number of carbonyl (C=O) groups is 1. The van der Waals surface area contributed by atoms with Crippen molar-refractivity contribution in [2.24, 2.45) is 5.92 Å². The summed E-state index contributed by atoms with van der Waals surface area (Å²) in [6, 6.07) is 1.83. The first-order valence-corrected chi connectivity index (χ1v) is 7.40. The van der Waals surface area contributed by atoms with Crippen molar-refractivity contribution in [2.45, 2.75) is 52.1 Å². The number of nitrogen functional groups attached to an aromatic ring is 1. The van der Waals surface area contributed by atoms with Crippen LogP contribution in [0.25, 0.3) is 0 Å². The predicted molar refractivity (Wildman–Crippen MR) is 79.7 cm³/mol. The van der Waals surface area contributed by atoms with E-state index >= 15 is 0 Å². The Morgan fingerprint density at radius 2 is 2.35 bits per heavy atom. The van der Waals surface area contributed by atoms with Gasteiger partial charge in [-0.2, -0.15) is 0 Å². The second-order valence-electron chi connectivity index (χ2n) is 5.85. The molecule has 4 heteroatoms. The number of ketones is 1. The lowest BCUT2D eigenvalue weighted by atomic mass is 9.74. The summed E-state index contributed by atoms with van der Waals surface area (Å²) in [6.07, 6.45) is 5.36. The highest BCUT2D eigenvalue weighted by Gasteiger charge is 2.44. The number of anilines is 1. The summed E-state index contributed by atoms with van der Waals surface area (Å²) >= 11 is 0. The maximum atomic E-state index is 13.1. The van der Waals surface area contributed by atoms with E-state index in [1.807, 2.05) is 19.9 Å². The Hall–Kier alpha value is -1.42. The Kier molecular flexibility index (Phi) is 4.43. The minimum Gasteiger partial charge on any atom is -0.383 e. The van der Waals surface area contributed by atoms with E-state index in [0.29, 0.717) is 23.9 Å². The summed E-state index contributed by atoms with van der Waals surface area (Å²) < 4.78 is 5.93. The molecule has 20 heavy (non-hydrogen) atoms. The first-order chi connectivity index (χ1) is 9.50. The lowest BCUT2D eigenvalue weighted by molar-refractivity contribution is -0.0511. The van der Waals surface area contributed by atoms with Crippen molar-refractivity contribution in [3.63, 3.8) is 0 Å². The molecule has 2 unspecified atom stereocenters. The van der Waals surface area contributed by atoms with E-state index in [1.54, 1.807) is 6.20 Å². The van der Waals surface area contributed by atoms with Crippen LogP contribution in [0.1, 0.15) is 55.5 Å². The maximum absolute atomic E-state index is 13.1. The Labute approximate surface area is 120 Å². The van der Waals surface area contributed by atoms with Crippen molar-refractivity contribution in [1.82, 2.24) is 4.98 Å². The number of rotatable bonds is 4. The molecular weight excluding hydrogens is 252 g/mol. The number of Topliss-reactive ketones (excluding diaryl/α,β-unsaturated/α-hetero) is 1. The van der Waals surface area contributed by atoms with E-state index in [1.165, 1.54) is 0 Å². The van der Waals surface area contributed by atoms with Crippen LogP contribution in [0.15, 0.2) is 12.3 Å². The van der Waals surface area contributed by atoms with Gasteiger partial charge in [0.2, 0.25) is 0 Å². The van der Waals surface area contributed by atoms with E-state index in [0.717, 1.165) is 31.2 Å². The summed E-state index contributed by atoms with van der Waals surface area (Å²) in [7, 11) is 0. The van der Waals surface area contributed by atoms with Crippen molar-refractivity contribution in [1.29, 1.82) is 0 Å². The van der Waals surface area contributed by atoms with E-state index in [2.05, 4.69) is 11.9 Å². The van der Waals surface area contributed by atoms with Gasteiger partial charge in [-0.15, -0.1) is 0 Å². The number of aromatic nitrogens is 1. The lowest BCUT2D eigenvalue weighted by Gasteiger charge is -2.38. The van der Waals surface area contributed by atoms with Gasteiger partial charge in [-0.25, -0.2) is 4.98 Å². The summed E-state index contributed by atoms with van der Waals surface area (Å²) in [4.78, 5) is 17.1. The zero-order valence-electron chi connectivity index (χ0n) is 12.6. The average Bonchev–Trinajstić information content (AvgIpc) is 2.38. The molecule has 0 bridgehead atoms. The minimum absolute atomic E-state index is 0.00833. The van der Waals surface area contributed by atoms with Crippen LogP contribution in [-0.4, -0.2) is 23.0 Å². The molecule has 0 amide bonds. The number of aryl methyl sites for hydroxylation is 1. The molecule has 0 radical (unpaired) electrons. The Morgan fingerprint density at radius 3 is 2.95 bits per heavy atom. The molecule has 1 heterocycles. The van der Waals surface area contributed by atoms with Gasteiger partial charge in [-0.1, -0.05) is 13.3 Å². The standard InChI is InChI=1S/C16H24N2O2/c1-4-20-16(8-5-6-11(2)10-16)14(19)13-12(3)7-9-18-15(13)17/h7,9,11H,4-6,8,10H2,1-3H3,(H2,17,18). The summed E-state index contributed by atoms with van der Waals surface area (Å²) in [5, 5.41) is 0. The topological polar surface area (TPSA) is 65.2 Å².